The molecule has 0 aromatic rings. The van der Waals surface area contributed by atoms with Gasteiger partial charge in [0.2, 0.25) is 0 Å². The van der Waals surface area contributed by atoms with Crippen LogP contribution >= 0.6 is 0 Å². The highest BCUT2D eigenvalue weighted by Gasteiger charge is 2.26. The van der Waals surface area contributed by atoms with Gasteiger partial charge in [0, 0.05) is 19.6 Å². The molecule has 1 unspecified atom stereocenters. The molecule has 1 aliphatic rings. The van der Waals surface area contributed by atoms with Gasteiger partial charge in [0.15, 0.2) is 0 Å². The maximum atomic E-state index is 11.3. The highest BCUT2D eigenvalue weighted by atomic mass is 32.2. The van der Waals surface area contributed by atoms with Crippen molar-refractivity contribution in [3.8, 4) is 0 Å². The van der Waals surface area contributed by atoms with E-state index in [-0.39, 0.29) is 0 Å². The molecule has 0 spiro atoms. The van der Waals surface area contributed by atoms with E-state index in [9.17, 15) is 8.42 Å². The zero-order valence-electron chi connectivity index (χ0n) is 8.28. The first kappa shape index (κ1) is 10.9. The van der Waals surface area contributed by atoms with Gasteiger partial charge in [0.1, 0.15) is 0 Å². The molecule has 78 valence electrons. The first-order valence-electron chi connectivity index (χ1n) is 4.81. The minimum Gasteiger partial charge on any atom is -0.201 e. The third-order valence-corrected chi connectivity index (χ3v) is 4.17. The Kier molecular flexibility index (Phi) is 3.70. The third-order valence-electron chi connectivity index (χ3n) is 2.55. The van der Waals surface area contributed by atoms with E-state index in [0.717, 1.165) is 12.8 Å². The predicted molar refractivity (Wildman–Crippen MR) is 52.6 cm³/mol. The molecule has 1 fully saturated rings. The van der Waals surface area contributed by atoms with Gasteiger partial charge in [-0.25, -0.2) is 4.72 Å². The molecule has 1 aliphatic heterocycles. The molecule has 1 saturated heterocycles. The summed E-state index contributed by atoms with van der Waals surface area (Å²) in [4.78, 5) is 0. The molecule has 0 amide bonds. The average Bonchev–Trinajstić information content (AvgIpc) is 2.41. The van der Waals surface area contributed by atoms with Crippen molar-refractivity contribution >= 4 is 10.2 Å². The van der Waals surface area contributed by atoms with Crippen LogP contribution in [0, 0.1) is 5.92 Å². The predicted octanol–water partition coefficient (Wildman–Crippen LogP) is 0.573. The fourth-order valence-corrected chi connectivity index (χ4v) is 2.52. The Bertz CT molecular complexity index is 251. The van der Waals surface area contributed by atoms with Crippen molar-refractivity contribution < 1.29 is 8.42 Å². The number of hydrogen-bond acceptors (Lipinski definition) is 2. The Morgan fingerprint density at radius 2 is 2.23 bits per heavy atom. The first-order chi connectivity index (χ1) is 6.06. The van der Waals surface area contributed by atoms with E-state index >= 15 is 0 Å². The van der Waals surface area contributed by atoms with Crippen LogP contribution < -0.4 is 4.72 Å². The van der Waals surface area contributed by atoms with Crippen molar-refractivity contribution in [1.29, 1.82) is 0 Å². The van der Waals surface area contributed by atoms with Crippen LogP contribution in [0.2, 0.25) is 0 Å². The Morgan fingerprint density at radius 1 is 1.54 bits per heavy atom. The average molecular weight is 206 g/mol. The molecule has 0 saturated carbocycles. The molecule has 1 rings (SSSR count). The van der Waals surface area contributed by atoms with Crippen LogP contribution in [0.5, 0.6) is 0 Å². The summed E-state index contributed by atoms with van der Waals surface area (Å²) in [7, 11) is -3.11. The molecular weight excluding hydrogens is 188 g/mol. The summed E-state index contributed by atoms with van der Waals surface area (Å²) in [6.07, 6.45) is 2.07. The van der Waals surface area contributed by atoms with Gasteiger partial charge in [-0.15, -0.1) is 0 Å². The molecule has 1 N–H and O–H groups in total. The second kappa shape index (κ2) is 4.39. The summed E-state index contributed by atoms with van der Waals surface area (Å²) in [5.41, 5.74) is 0. The lowest BCUT2D eigenvalue weighted by Crippen LogP contribution is -2.31. The molecule has 4 nitrogen and oxygen atoms in total. The van der Waals surface area contributed by atoms with Crippen LogP contribution in [0.25, 0.3) is 0 Å². The lowest BCUT2D eigenvalue weighted by Gasteiger charge is -2.15. The summed E-state index contributed by atoms with van der Waals surface area (Å²) in [6, 6.07) is 0. The standard InChI is InChI=1S/C8H18N2O2S/c1-3-8(2)4-6-10-7-5-9-13(10,11)12/h8-9H,3-7H2,1-2H3. The summed E-state index contributed by atoms with van der Waals surface area (Å²) in [5, 5.41) is 0. The van der Waals surface area contributed by atoms with Crippen LogP contribution in [0.15, 0.2) is 0 Å². The smallest absolute Gasteiger partial charge is 0.201 e. The van der Waals surface area contributed by atoms with Crippen LogP contribution in [0.4, 0.5) is 0 Å². The molecule has 5 heteroatoms. The second-order valence-electron chi connectivity index (χ2n) is 3.60. The SMILES string of the molecule is CCC(C)CCN1CCNS1(=O)=O. The lowest BCUT2D eigenvalue weighted by molar-refractivity contribution is 0.393. The number of rotatable bonds is 4. The van der Waals surface area contributed by atoms with E-state index in [4.69, 9.17) is 0 Å². The number of hydrogen-bond donors (Lipinski definition) is 1. The van der Waals surface area contributed by atoms with Gasteiger partial charge in [-0.3, -0.25) is 0 Å². The van der Waals surface area contributed by atoms with Crippen LogP contribution in [0.3, 0.4) is 0 Å². The van der Waals surface area contributed by atoms with Crippen molar-refractivity contribution in [1.82, 2.24) is 9.03 Å². The topological polar surface area (TPSA) is 49.4 Å². The van der Waals surface area contributed by atoms with Gasteiger partial charge < -0.3 is 0 Å². The summed E-state index contributed by atoms with van der Waals surface area (Å²) in [6.45, 7) is 6.11. The van der Waals surface area contributed by atoms with Crippen LogP contribution in [-0.4, -0.2) is 32.4 Å². The van der Waals surface area contributed by atoms with Gasteiger partial charge in [-0.1, -0.05) is 20.3 Å². The molecule has 13 heavy (non-hydrogen) atoms. The van der Waals surface area contributed by atoms with E-state index in [1.165, 1.54) is 4.31 Å². The molecule has 0 bridgehead atoms. The normalized spacial score (nSPS) is 24.8. The minimum absolute atomic E-state index is 0.558. The van der Waals surface area contributed by atoms with Crippen molar-refractivity contribution in [3.05, 3.63) is 0 Å². The molecule has 0 aromatic heterocycles. The summed E-state index contributed by atoms with van der Waals surface area (Å²) in [5.74, 6) is 0.607. The molecular formula is C8H18N2O2S. The van der Waals surface area contributed by atoms with E-state index < -0.39 is 10.2 Å². The monoisotopic (exact) mass is 206 g/mol. The van der Waals surface area contributed by atoms with Crippen molar-refractivity contribution in [3.63, 3.8) is 0 Å². The van der Waals surface area contributed by atoms with E-state index in [0.29, 0.717) is 25.6 Å². The Balaban J connectivity index is 2.37. The maximum Gasteiger partial charge on any atom is 0.279 e. The van der Waals surface area contributed by atoms with E-state index in [1.807, 2.05) is 0 Å². The molecule has 0 radical (unpaired) electrons. The molecule has 0 aliphatic carbocycles. The molecule has 1 heterocycles. The van der Waals surface area contributed by atoms with Gasteiger partial charge in [0.25, 0.3) is 10.2 Å². The van der Waals surface area contributed by atoms with Crippen molar-refractivity contribution in [2.45, 2.75) is 26.7 Å². The third kappa shape index (κ3) is 2.93. The number of nitrogens with one attached hydrogen (secondary N) is 1. The maximum absolute atomic E-state index is 11.3. The zero-order chi connectivity index (χ0) is 9.90. The van der Waals surface area contributed by atoms with E-state index in [1.54, 1.807) is 0 Å². The summed E-state index contributed by atoms with van der Waals surface area (Å²) >= 11 is 0. The van der Waals surface area contributed by atoms with Gasteiger partial charge in [-0.2, -0.15) is 12.7 Å². The lowest BCUT2D eigenvalue weighted by atomic mass is 10.1. The summed E-state index contributed by atoms with van der Waals surface area (Å²) < 4.78 is 26.6. The Labute approximate surface area is 80.5 Å². The highest BCUT2D eigenvalue weighted by Crippen LogP contribution is 2.11. The molecule has 0 aromatic carbocycles. The quantitative estimate of drug-likeness (QED) is 0.731. The Hall–Kier alpha value is -0.130. The Morgan fingerprint density at radius 3 is 2.69 bits per heavy atom. The fourth-order valence-electron chi connectivity index (χ4n) is 1.31. The van der Waals surface area contributed by atoms with Gasteiger partial charge >= 0.3 is 0 Å². The van der Waals surface area contributed by atoms with Gasteiger partial charge in [0.05, 0.1) is 0 Å². The highest BCUT2D eigenvalue weighted by molar-refractivity contribution is 7.87. The second-order valence-corrected chi connectivity index (χ2v) is 5.36. The van der Waals surface area contributed by atoms with Crippen LogP contribution in [0.1, 0.15) is 26.7 Å². The largest absolute Gasteiger partial charge is 0.279 e. The van der Waals surface area contributed by atoms with Crippen molar-refractivity contribution in [2.75, 3.05) is 19.6 Å². The minimum atomic E-state index is -3.11. The fraction of sp³-hybridized carbons (Fsp3) is 1.00. The van der Waals surface area contributed by atoms with Gasteiger partial charge in [-0.05, 0) is 12.3 Å². The van der Waals surface area contributed by atoms with E-state index in [2.05, 4.69) is 18.6 Å². The number of nitrogens with zero attached hydrogens (tertiary/aromatic N) is 1. The van der Waals surface area contributed by atoms with Crippen LogP contribution in [-0.2, 0) is 10.2 Å². The zero-order valence-corrected chi connectivity index (χ0v) is 9.10. The first-order valence-corrected chi connectivity index (χ1v) is 6.25. The van der Waals surface area contributed by atoms with Crippen molar-refractivity contribution in [2.24, 2.45) is 5.92 Å². The molecule has 1 atom stereocenters.